The fourth-order valence-corrected chi connectivity index (χ4v) is 5.72. The number of carbonyl (C=O) groups is 2. The lowest BCUT2D eigenvalue weighted by Crippen LogP contribution is -2.35. The van der Waals surface area contributed by atoms with Crippen molar-refractivity contribution in [2.75, 3.05) is 19.7 Å². The highest BCUT2D eigenvalue weighted by Gasteiger charge is 2.24. The Morgan fingerprint density at radius 2 is 0.756 bits per heavy atom. The van der Waals surface area contributed by atoms with Crippen molar-refractivity contribution < 1.29 is 14.7 Å². The number of unbranched alkanes of at least 4 members (excludes halogenated alkanes) is 24. The fourth-order valence-electron chi connectivity index (χ4n) is 5.72. The first kappa shape index (κ1) is 42.7. The molecule has 0 rings (SSSR count). The monoisotopic (exact) mass is 602 g/mol. The largest absolute Gasteiger partial charge is 0.395 e. The Kier molecular flexibility index (Phi) is 37.2. The highest BCUT2D eigenvalue weighted by atomic mass is 35.5. The van der Waals surface area contributed by atoms with Crippen molar-refractivity contribution in [2.24, 2.45) is 5.92 Å². The van der Waals surface area contributed by atoms with E-state index >= 15 is 0 Å². The minimum atomic E-state index is -0.527. The number of rotatable bonds is 34. The summed E-state index contributed by atoms with van der Waals surface area (Å²) in [5, 5.41) is 12.2. The number of aliphatic hydroxyl groups excluding tert-OH is 1. The molecule has 0 aliphatic carbocycles. The Labute approximate surface area is 262 Å². The van der Waals surface area contributed by atoms with Gasteiger partial charge in [-0.25, -0.2) is 0 Å². The molecule has 0 saturated heterocycles. The number of hydrogen-bond donors (Lipinski definition) is 2. The summed E-state index contributed by atoms with van der Waals surface area (Å²) in [6.07, 6.45) is 34.6. The van der Waals surface area contributed by atoms with Crippen molar-refractivity contribution in [3.8, 4) is 0 Å². The van der Waals surface area contributed by atoms with E-state index in [0.29, 0.717) is 25.9 Å². The third-order valence-electron chi connectivity index (χ3n) is 8.47. The number of halogens is 1. The van der Waals surface area contributed by atoms with E-state index in [4.69, 9.17) is 5.11 Å². The highest BCUT2D eigenvalue weighted by Crippen LogP contribution is 2.17. The van der Waals surface area contributed by atoms with Crippen LogP contribution in [0.3, 0.4) is 0 Å². The average molecular weight is 602 g/mol. The number of Topliss-reactive ketones (excluding diaryl/α,β-unsaturated/α-hetero) is 2. The summed E-state index contributed by atoms with van der Waals surface area (Å²) >= 11 is 0. The third kappa shape index (κ3) is 30.8. The molecule has 41 heavy (non-hydrogen) atoms. The molecule has 0 aromatic heterocycles. The van der Waals surface area contributed by atoms with Crippen LogP contribution in [0.15, 0.2) is 0 Å². The molecule has 0 fully saturated rings. The topological polar surface area (TPSA) is 66.4 Å². The quantitative estimate of drug-likeness (QED) is 0.0568. The first-order chi connectivity index (χ1) is 19.7. The Morgan fingerprint density at radius 3 is 1.02 bits per heavy atom. The first-order valence-corrected chi connectivity index (χ1v) is 18.0. The van der Waals surface area contributed by atoms with Gasteiger partial charge in [-0.15, -0.1) is 12.4 Å². The maximum Gasteiger partial charge on any atom is 0.144 e. The molecule has 246 valence electrons. The van der Waals surface area contributed by atoms with Crippen molar-refractivity contribution in [1.29, 1.82) is 0 Å². The number of ketones is 2. The molecular weight excluding hydrogens is 530 g/mol. The van der Waals surface area contributed by atoms with E-state index in [1.165, 1.54) is 141 Å². The Balaban J connectivity index is 0. The van der Waals surface area contributed by atoms with E-state index in [-0.39, 0.29) is 30.6 Å². The molecule has 0 radical (unpaired) electrons. The van der Waals surface area contributed by atoms with Crippen LogP contribution in [0.2, 0.25) is 0 Å². The fraction of sp³-hybridized carbons (Fsp3) is 0.944. The zero-order valence-corrected chi connectivity index (χ0v) is 28.5. The van der Waals surface area contributed by atoms with Crippen molar-refractivity contribution in [1.82, 2.24) is 5.32 Å². The average Bonchev–Trinajstić information content (AvgIpc) is 2.95. The van der Waals surface area contributed by atoms with Crippen LogP contribution >= 0.6 is 12.4 Å². The number of carbonyl (C=O) groups excluding carboxylic acids is 2. The van der Waals surface area contributed by atoms with E-state index in [9.17, 15) is 9.59 Å². The highest BCUT2D eigenvalue weighted by molar-refractivity contribution is 6.02. The van der Waals surface area contributed by atoms with E-state index in [2.05, 4.69) is 19.2 Å². The van der Waals surface area contributed by atoms with Crippen LogP contribution in [0.25, 0.3) is 0 Å². The van der Waals surface area contributed by atoms with Crippen LogP contribution in [0.1, 0.15) is 194 Å². The summed E-state index contributed by atoms with van der Waals surface area (Å²) in [5.41, 5.74) is 0. The van der Waals surface area contributed by atoms with Gasteiger partial charge in [-0.3, -0.25) is 9.59 Å². The smallest absolute Gasteiger partial charge is 0.144 e. The lowest BCUT2D eigenvalue weighted by molar-refractivity contribution is -0.132. The number of hydrogen-bond acceptors (Lipinski definition) is 4. The van der Waals surface area contributed by atoms with Gasteiger partial charge in [-0.05, 0) is 12.8 Å². The second kappa shape index (κ2) is 35.7. The van der Waals surface area contributed by atoms with E-state index < -0.39 is 5.92 Å². The summed E-state index contributed by atoms with van der Waals surface area (Å²) in [5.74, 6) is -0.317. The lowest BCUT2D eigenvalue weighted by Gasteiger charge is -2.15. The minimum Gasteiger partial charge on any atom is -0.395 e. The predicted molar refractivity (Wildman–Crippen MR) is 181 cm³/mol. The molecular formula is C36H72ClNO3. The van der Waals surface area contributed by atoms with Crippen LogP contribution in [-0.4, -0.2) is 36.4 Å². The Morgan fingerprint density at radius 1 is 0.488 bits per heavy atom. The molecule has 0 unspecified atom stereocenters. The molecule has 4 nitrogen and oxygen atoms in total. The van der Waals surface area contributed by atoms with Crippen molar-refractivity contribution in [2.45, 2.75) is 194 Å². The maximum atomic E-state index is 12.9. The molecule has 0 saturated carbocycles. The van der Waals surface area contributed by atoms with Crippen LogP contribution in [0, 0.1) is 5.92 Å². The summed E-state index contributed by atoms with van der Waals surface area (Å²) in [4.78, 5) is 25.8. The molecule has 0 amide bonds. The molecule has 0 atom stereocenters. The zero-order chi connectivity index (χ0) is 29.4. The Hall–Kier alpha value is -0.450. The van der Waals surface area contributed by atoms with Gasteiger partial charge >= 0.3 is 0 Å². The molecule has 2 N–H and O–H groups in total. The maximum absolute atomic E-state index is 12.9. The molecule has 0 aliphatic rings. The third-order valence-corrected chi connectivity index (χ3v) is 8.47. The van der Waals surface area contributed by atoms with Gasteiger partial charge in [0.1, 0.15) is 11.6 Å². The van der Waals surface area contributed by atoms with E-state index in [1.54, 1.807) is 0 Å². The van der Waals surface area contributed by atoms with Gasteiger partial charge < -0.3 is 10.4 Å². The summed E-state index contributed by atoms with van der Waals surface area (Å²) in [6.45, 7) is 5.40. The van der Waals surface area contributed by atoms with Gasteiger partial charge in [0, 0.05) is 25.9 Å². The van der Waals surface area contributed by atoms with Crippen molar-refractivity contribution in [3.63, 3.8) is 0 Å². The van der Waals surface area contributed by atoms with Gasteiger partial charge in [0.15, 0.2) is 0 Å². The van der Waals surface area contributed by atoms with Crippen LogP contribution in [-0.2, 0) is 9.59 Å². The molecule has 5 heteroatoms. The van der Waals surface area contributed by atoms with Gasteiger partial charge in [0.2, 0.25) is 0 Å². The minimum absolute atomic E-state index is 0. The van der Waals surface area contributed by atoms with Crippen molar-refractivity contribution >= 4 is 24.0 Å². The van der Waals surface area contributed by atoms with Crippen LogP contribution < -0.4 is 5.32 Å². The molecule has 0 bridgehead atoms. The number of aliphatic hydroxyl groups is 1. The molecule has 0 aliphatic heterocycles. The Bertz CT molecular complexity index is 501. The SMILES string of the molecule is CCCCCCCCCCCCCCCC(=O)C(CNCCO)C(=O)CCCCCCCCCCCCCCC.Cl. The van der Waals surface area contributed by atoms with Gasteiger partial charge in [0.05, 0.1) is 12.5 Å². The second-order valence-corrected chi connectivity index (χ2v) is 12.4. The summed E-state index contributed by atoms with van der Waals surface area (Å²) < 4.78 is 0. The summed E-state index contributed by atoms with van der Waals surface area (Å²) in [6, 6.07) is 0. The second-order valence-electron chi connectivity index (χ2n) is 12.4. The molecule has 0 spiro atoms. The van der Waals surface area contributed by atoms with Crippen LogP contribution in [0.5, 0.6) is 0 Å². The molecule has 0 aromatic rings. The van der Waals surface area contributed by atoms with E-state index in [0.717, 1.165) is 25.7 Å². The molecule has 0 aromatic carbocycles. The summed E-state index contributed by atoms with van der Waals surface area (Å²) in [7, 11) is 0. The zero-order valence-electron chi connectivity index (χ0n) is 27.7. The van der Waals surface area contributed by atoms with Gasteiger partial charge in [0.25, 0.3) is 0 Å². The van der Waals surface area contributed by atoms with Crippen molar-refractivity contribution in [3.05, 3.63) is 0 Å². The first-order valence-electron chi connectivity index (χ1n) is 18.0. The molecule has 0 heterocycles. The van der Waals surface area contributed by atoms with E-state index in [1.807, 2.05) is 0 Å². The normalized spacial score (nSPS) is 11.2. The lowest BCUT2D eigenvalue weighted by atomic mass is 9.91. The standard InChI is InChI=1S/C36H71NO3.ClH/c1-3-5-7-9-11-13-15-17-19-21-23-25-27-29-35(39)34(33-37-31-32-38)36(40)30-28-26-24-22-20-18-16-14-12-10-8-6-4-2;/h34,37-38H,3-33H2,1-2H3;1H. The number of nitrogens with one attached hydrogen (secondary N) is 1. The van der Waals surface area contributed by atoms with Gasteiger partial charge in [-0.1, -0.05) is 168 Å². The predicted octanol–water partition coefficient (Wildman–Crippen LogP) is 10.7. The van der Waals surface area contributed by atoms with Gasteiger partial charge in [-0.2, -0.15) is 0 Å². The van der Waals surface area contributed by atoms with Crippen LogP contribution in [0.4, 0.5) is 0 Å².